The molecule has 0 aliphatic rings. The van der Waals surface area contributed by atoms with Gasteiger partial charge in [-0.05, 0) is 30.2 Å². The molecule has 0 unspecified atom stereocenters. The van der Waals surface area contributed by atoms with Crippen LogP contribution in [0.3, 0.4) is 0 Å². The zero-order valence-electron chi connectivity index (χ0n) is 14.4. The zero-order chi connectivity index (χ0) is 18.7. The summed E-state index contributed by atoms with van der Waals surface area (Å²) >= 11 is 6.07. The lowest BCUT2D eigenvalue weighted by Crippen LogP contribution is -2.48. The first kappa shape index (κ1) is 17.9. The Morgan fingerprint density at radius 3 is 2.50 bits per heavy atom. The summed E-state index contributed by atoms with van der Waals surface area (Å²) in [6.45, 7) is 3.73. The lowest BCUT2D eigenvalue weighted by atomic mass is 10.0. The van der Waals surface area contributed by atoms with Crippen LogP contribution in [0, 0.1) is 5.92 Å². The highest BCUT2D eigenvalue weighted by Crippen LogP contribution is 2.16. The molecule has 0 bridgehead atoms. The van der Waals surface area contributed by atoms with Crippen molar-refractivity contribution in [1.82, 2.24) is 15.0 Å². The van der Waals surface area contributed by atoms with Gasteiger partial charge in [-0.25, -0.2) is 9.66 Å². The molecule has 0 saturated carbocycles. The van der Waals surface area contributed by atoms with Gasteiger partial charge >= 0.3 is 0 Å². The van der Waals surface area contributed by atoms with Crippen molar-refractivity contribution >= 4 is 34.4 Å². The van der Waals surface area contributed by atoms with E-state index in [0.29, 0.717) is 10.6 Å². The van der Waals surface area contributed by atoms with Crippen molar-refractivity contribution in [2.75, 3.05) is 5.43 Å². The minimum atomic E-state index is -0.722. The predicted octanol–water partition coefficient (Wildman–Crippen LogP) is 3.21. The Morgan fingerprint density at radius 1 is 1.08 bits per heavy atom. The number of hydrogen-bond donors (Lipinski definition) is 2. The predicted molar refractivity (Wildman–Crippen MR) is 102 cm³/mol. The van der Waals surface area contributed by atoms with E-state index in [4.69, 9.17) is 11.6 Å². The first-order valence-electron chi connectivity index (χ1n) is 8.25. The average Bonchev–Trinajstić information content (AvgIpc) is 3.02. The van der Waals surface area contributed by atoms with Gasteiger partial charge in [-0.3, -0.25) is 15.0 Å². The molecule has 0 aliphatic heterocycles. The second-order valence-electron chi connectivity index (χ2n) is 6.25. The number of hydrogen-bond acceptors (Lipinski definition) is 3. The van der Waals surface area contributed by atoms with Crippen LogP contribution in [0.15, 0.2) is 54.9 Å². The number of imidazole rings is 1. The van der Waals surface area contributed by atoms with E-state index in [1.807, 2.05) is 38.1 Å². The van der Waals surface area contributed by atoms with Crippen LogP contribution in [-0.2, 0) is 4.79 Å². The molecular formula is C19H19ClN4O2. The normalized spacial score (nSPS) is 12.2. The van der Waals surface area contributed by atoms with Gasteiger partial charge in [-0.15, -0.1) is 0 Å². The summed E-state index contributed by atoms with van der Waals surface area (Å²) in [6, 6.07) is 13.5. The van der Waals surface area contributed by atoms with Crippen LogP contribution in [0.2, 0.25) is 5.02 Å². The van der Waals surface area contributed by atoms with Crippen molar-refractivity contribution < 1.29 is 9.59 Å². The van der Waals surface area contributed by atoms with Crippen molar-refractivity contribution in [1.29, 1.82) is 0 Å². The molecule has 0 aliphatic carbocycles. The number of para-hydroxylation sites is 2. The molecule has 0 fully saturated rings. The summed E-state index contributed by atoms with van der Waals surface area (Å²) in [6.07, 6.45) is 1.54. The van der Waals surface area contributed by atoms with Gasteiger partial charge in [0, 0.05) is 0 Å². The van der Waals surface area contributed by atoms with E-state index in [-0.39, 0.29) is 17.7 Å². The second kappa shape index (κ2) is 7.58. The largest absolute Gasteiger partial charge is 0.340 e. The standard InChI is InChI=1S/C19H19ClN4O2/c1-12(2)17(22-18(25)13-7-3-4-8-14(13)20)19(26)23-24-11-21-15-9-5-6-10-16(15)24/h3-12,17H,1-2H3,(H,22,25)(H,23,26)/t17-/m0/s1. The number of aromatic nitrogens is 2. The topological polar surface area (TPSA) is 76.0 Å². The fourth-order valence-electron chi connectivity index (χ4n) is 2.64. The minimum absolute atomic E-state index is 0.115. The van der Waals surface area contributed by atoms with Crippen LogP contribution < -0.4 is 10.7 Å². The van der Waals surface area contributed by atoms with Crippen molar-refractivity contribution in [2.45, 2.75) is 19.9 Å². The molecule has 2 amide bonds. The van der Waals surface area contributed by atoms with E-state index in [9.17, 15) is 9.59 Å². The van der Waals surface area contributed by atoms with Crippen LogP contribution >= 0.6 is 11.6 Å². The number of nitrogens with zero attached hydrogens (tertiary/aromatic N) is 2. The molecule has 1 heterocycles. The molecule has 0 spiro atoms. The Kier molecular flexibility index (Phi) is 5.23. The van der Waals surface area contributed by atoms with Crippen LogP contribution in [0.1, 0.15) is 24.2 Å². The summed E-state index contributed by atoms with van der Waals surface area (Å²) in [5.74, 6) is -0.834. The molecule has 134 valence electrons. The number of amides is 2. The zero-order valence-corrected chi connectivity index (χ0v) is 15.2. The van der Waals surface area contributed by atoms with Gasteiger partial charge in [0.1, 0.15) is 12.4 Å². The lowest BCUT2D eigenvalue weighted by molar-refractivity contribution is -0.119. The summed E-state index contributed by atoms with van der Waals surface area (Å²) < 4.78 is 1.55. The first-order valence-corrected chi connectivity index (χ1v) is 8.63. The number of benzene rings is 2. The van der Waals surface area contributed by atoms with Gasteiger partial charge in [0.25, 0.3) is 11.8 Å². The summed E-state index contributed by atoms with van der Waals surface area (Å²) in [5.41, 5.74) is 4.67. The van der Waals surface area contributed by atoms with E-state index in [1.54, 1.807) is 28.9 Å². The molecular weight excluding hydrogens is 352 g/mol. The number of nitrogens with one attached hydrogen (secondary N) is 2. The van der Waals surface area contributed by atoms with Crippen LogP contribution in [0.4, 0.5) is 0 Å². The Hall–Kier alpha value is -2.86. The minimum Gasteiger partial charge on any atom is -0.340 e. The molecule has 3 aromatic rings. The van der Waals surface area contributed by atoms with Crippen molar-refractivity contribution in [3.05, 3.63) is 65.4 Å². The fraction of sp³-hybridized carbons (Fsp3) is 0.211. The first-order chi connectivity index (χ1) is 12.5. The Labute approximate surface area is 156 Å². The van der Waals surface area contributed by atoms with Gasteiger partial charge in [0.05, 0.1) is 21.6 Å². The Morgan fingerprint density at radius 2 is 1.77 bits per heavy atom. The highest BCUT2D eigenvalue weighted by molar-refractivity contribution is 6.33. The lowest BCUT2D eigenvalue weighted by Gasteiger charge is -2.22. The maximum Gasteiger partial charge on any atom is 0.261 e. The number of carbonyl (C=O) groups excluding carboxylic acids is 2. The molecule has 7 heteroatoms. The molecule has 2 aromatic carbocycles. The van der Waals surface area contributed by atoms with E-state index >= 15 is 0 Å². The summed E-state index contributed by atoms with van der Waals surface area (Å²) in [4.78, 5) is 29.5. The second-order valence-corrected chi connectivity index (χ2v) is 6.66. The molecule has 2 N–H and O–H groups in total. The van der Waals surface area contributed by atoms with Gasteiger partial charge in [0.15, 0.2) is 0 Å². The van der Waals surface area contributed by atoms with E-state index in [1.165, 1.54) is 6.33 Å². The molecule has 1 aromatic heterocycles. The maximum atomic E-state index is 12.7. The summed E-state index contributed by atoms with van der Waals surface area (Å²) in [5, 5.41) is 3.11. The van der Waals surface area contributed by atoms with Crippen molar-refractivity contribution in [3.63, 3.8) is 0 Å². The van der Waals surface area contributed by atoms with E-state index in [2.05, 4.69) is 15.7 Å². The molecule has 26 heavy (non-hydrogen) atoms. The third-order valence-corrected chi connectivity index (χ3v) is 4.37. The van der Waals surface area contributed by atoms with E-state index in [0.717, 1.165) is 11.0 Å². The van der Waals surface area contributed by atoms with Gasteiger partial charge in [-0.1, -0.05) is 49.7 Å². The van der Waals surface area contributed by atoms with Gasteiger partial charge in [-0.2, -0.15) is 0 Å². The quantitative estimate of drug-likeness (QED) is 0.724. The van der Waals surface area contributed by atoms with Crippen LogP contribution in [-0.4, -0.2) is 27.5 Å². The third-order valence-electron chi connectivity index (χ3n) is 4.04. The van der Waals surface area contributed by atoms with Gasteiger partial charge < -0.3 is 5.32 Å². The fourth-order valence-corrected chi connectivity index (χ4v) is 2.86. The highest BCUT2D eigenvalue weighted by atomic mass is 35.5. The maximum absolute atomic E-state index is 12.7. The van der Waals surface area contributed by atoms with Crippen LogP contribution in [0.25, 0.3) is 11.0 Å². The highest BCUT2D eigenvalue weighted by Gasteiger charge is 2.26. The smallest absolute Gasteiger partial charge is 0.261 e. The van der Waals surface area contributed by atoms with Crippen LogP contribution in [0.5, 0.6) is 0 Å². The third kappa shape index (κ3) is 3.70. The van der Waals surface area contributed by atoms with Crippen molar-refractivity contribution in [3.8, 4) is 0 Å². The number of rotatable bonds is 5. The molecule has 1 atom stereocenters. The SMILES string of the molecule is CC(C)[C@H](NC(=O)c1ccccc1Cl)C(=O)Nn1cnc2ccccc21. The monoisotopic (exact) mass is 370 g/mol. The Bertz CT molecular complexity index is 951. The molecule has 6 nitrogen and oxygen atoms in total. The van der Waals surface area contributed by atoms with Crippen molar-refractivity contribution in [2.24, 2.45) is 5.92 Å². The van der Waals surface area contributed by atoms with Gasteiger partial charge in [0.2, 0.25) is 0 Å². The molecule has 0 saturated heterocycles. The Balaban J connectivity index is 1.78. The molecule has 0 radical (unpaired) electrons. The number of fused-ring (bicyclic) bond motifs is 1. The van der Waals surface area contributed by atoms with E-state index < -0.39 is 6.04 Å². The number of carbonyl (C=O) groups is 2. The summed E-state index contributed by atoms with van der Waals surface area (Å²) in [7, 11) is 0. The number of halogens is 1. The average molecular weight is 371 g/mol. The molecule has 3 rings (SSSR count).